The van der Waals surface area contributed by atoms with Crippen LogP contribution in [-0.4, -0.2) is 56.3 Å². The molecule has 0 unspecified atom stereocenters. The smallest absolute Gasteiger partial charge is 0.241 e. The molecule has 158 valence electrons. The first-order valence-electron chi connectivity index (χ1n) is 9.05. The minimum Gasteiger partial charge on any atom is -0.338 e. The molecule has 1 aromatic carbocycles. The molecule has 9 nitrogen and oxygen atoms in total. The summed E-state index contributed by atoms with van der Waals surface area (Å²) in [4.78, 5) is 13.4. The van der Waals surface area contributed by atoms with Crippen molar-refractivity contribution in [2.75, 3.05) is 26.2 Å². The number of halogens is 2. The third-order valence-electron chi connectivity index (χ3n) is 4.65. The van der Waals surface area contributed by atoms with Gasteiger partial charge in [0.1, 0.15) is 0 Å². The molecule has 29 heavy (non-hydrogen) atoms. The van der Waals surface area contributed by atoms with Gasteiger partial charge in [0.15, 0.2) is 5.82 Å². The standard InChI is InChI=1S/C18H23N7O2.2ClH/c1-13-2-4-14(5-3-13)18-21-17(27-23-18)12-25-8-6-24(7-9-25)11-15-20-16(10-19)26-22-15;;/h2-5H,6-12,19H2,1H3;2*1H. The second kappa shape index (κ2) is 10.7. The zero-order valence-corrected chi connectivity index (χ0v) is 17.8. The van der Waals surface area contributed by atoms with E-state index in [0.717, 1.165) is 31.7 Å². The van der Waals surface area contributed by atoms with Crippen molar-refractivity contribution in [3.63, 3.8) is 0 Å². The van der Waals surface area contributed by atoms with Crippen molar-refractivity contribution in [1.29, 1.82) is 0 Å². The highest BCUT2D eigenvalue weighted by Gasteiger charge is 2.21. The number of nitrogens with two attached hydrogens (primary N) is 1. The van der Waals surface area contributed by atoms with E-state index in [2.05, 4.69) is 37.0 Å². The summed E-state index contributed by atoms with van der Waals surface area (Å²) in [6, 6.07) is 8.11. The van der Waals surface area contributed by atoms with E-state index in [4.69, 9.17) is 14.8 Å². The van der Waals surface area contributed by atoms with Gasteiger partial charge in [0, 0.05) is 31.7 Å². The van der Waals surface area contributed by atoms with Crippen LogP contribution >= 0.6 is 24.8 Å². The van der Waals surface area contributed by atoms with Crippen LogP contribution in [0, 0.1) is 6.92 Å². The Hall–Kier alpha value is -2.04. The first-order valence-corrected chi connectivity index (χ1v) is 9.05. The second-order valence-electron chi connectivity index (χ2n) is 6.74. The minimum absolute atomic E-state index is 0. The van der Waals surface area contributed by atoms with E-state index in [1.54, 1.807) is 0 Å². The highest BCUT2D eigenvalue weighted by molar-refractivity contribution is 5.85. The monoisotopic (exact) mass is 441 g/mol. The first-order chi connectivity index (χ1) is 13.2. The lowest BCUT2D eigenvalue weighted by Gasteiger charge is -2.33. The Morgan fingerprint density at radius 3 is 2.10 bits per heavy atom. The SMILES string of the molecule is Cc1ccc(-c2noc(CN3CCN(Cc4noc(CN)n4)CC3)n2)cc1.Cl.Cl. The van der Waals surface area contributed by atoms with Crippen molar-refractivity contribution in [1.82, 2.24) is 30.1 Å². The first kappa shape index (κ1) is 23.2. The van der Waals surface area contributed by atoms with Crippen molar-refractivity contribution in [3.05, 3.63) is 47.4 Å². The Labute approximate surface area is 181 Å². The molecule has 0 amide bonds. The summed E-state index contributed by atoms with van der Waals surface area (Å²) >= 11 is 0. The van der Waals surface area contributed by atoms with Crippen LogP contribution in [0.25, 0.3) is 11.4 Å². The molecule has 3 aromatic rings. The van der Waals surface area contributed by atoms with Crippen LogP contribution in [0.15, 0.2) is 33.3 Å². The average molecular weight is 442 g/mol. The van der Waals surface area contributed by atoms with Gasteiger partial charge in [0.05, 0.1) is 19.6 Å². The normalized spacial score (nSPS) is 15.0. The van der Waals surface area contributed by atoms with Crippen LogP contribution in [0.5, 0.6) is 0 Å². The van der Waals surface area contributed by atoms with E-state index in [9.17, 15) is 0 Å². The lowest BCUT2D eigenvalue weighted by atomic mass is 10.1. The lowest BCUT2D eigenvalue weighted by Crippen LogP contribution is -2.45. The Bertz CT molecular complexity index is 876. The van der Waals surface area contributed by atoms with Gasteiger partial charge >= 0.3 is 0 Å². The molecule has 0 atom stereocenters. The number of aryl methyl sites for hydroxylation is 1. The molecule has 0 aliphatic carbocycles. The number of benzene rings is 1. The Morgan fingerprint density at radius 1 is 0.862 bits per heavy atom. The molecule has 11 heteroatoms. The van der Waals surface area contributed by atoms with E-state index >= 15 is 0 Å². The topological polar surface area (TPSA) is 110 Å². The van der Waals surface area contributed by atoms with Gasteiger partial charge in [-0.15, -0.1) is 24.8 Å². The molecule has 4 rings (SSSR count). The predicted molar refractivity (Wildman–Crippen MR) is 112 cm³/mol. The van der Waals surface area contributed by atoms with Gasteiger partial charge in [0.25, 0.3) is 0 Å². The maximum Gasteiger partial charge on any atom is 0.241 e. The fourth-order valence-electron chi connectivity index (χ4n) is 3.07. The van der Waals surface area contributed by atoms with Crippen LogP contribution in [0.3, 0.4) is 0 Å². The van der Waals surface area contributed by atoms with E-state index in [0.29, 0.717) is 36.5 Å². The summed E-state index contributed by atoms with van der Waals surface area (Å²) in [5, 5.41) is 8.05. The fraction of sp³-hybridized carbons (Fsp3) is 0.444. The average Bonchev–Trinajstić information content (AvgIpc) is 3.33. The van der Waals surface area contributed by atoms with Crippen LogP contribution in [0.2, 0.25) is 0 Å². The number of aromatic nitrogens is 4. The highest BCUT2D eigenvalue weighted by Crippen LogP contribution is 2.17. The Kier molecular flexibility index (Phi) is 8.54. The molecular weight excluding hydrogens is 417 g/mol. The molecule has 0 bridgehead atoms. The second-order valence-corrected chi connectivity index (χ2v) is 6.74. The molecule has 2 N–H and O–H groups in total. The quantitative estimate of drug-likeness (QED) is 0.613. The Morgan fingerprint density at radius 2 is 1.48 bits per heavy atom. The lowest BCUT2D eigenvalue weighted by molar-refractivity contribution is 0.109. The van der Waals surface area contributed by atoms with Crippen molar-refractivity contribution in [2.24, 2.45) is 5.73 Å². The maximum absolute atomic E-state index is 5.50. The third kappa shape index (κ3) is 5.97. The predicted octanol–water partition coefficient (Wildman–Crippen LogP) is 2.05. The number of hydrogen-bond acceptors (Lipinski definition) is 9. The molecule has 0 spiro atoms. The Balaban J connectivity index is 0.00000150. The van der Waals surface area contributed by atoms with Gasteiger partial charge in [-0.1, -0.05) is 40.1 Å². The van der Waals surface area contributed by atoms with Crippen molar-refractivity contribution in [3.8, 4) is 11.4 Å². The summed E-state index contributed by atoms with van der Waals surface area (Å²) < 4.78 is 10.5. The zero-order valence-electron chi connectivity index (χ0n) is 16.2. The number of hydrogen-bond donors (Lipinski definition) is 1. The van der Waals surface area contributed by atoms with Gasteiger partial charge in [-0.2, -0.15) is 9.97 Å². The summed E-state index contributed by atoms with van der Waals surface area (Å²) in [6.45, 7) is 7.35. The molecule has 0 saturated carbocycles. The molecule has 0 radical (unpaired) electrons. The number of rotatable bonds is 6. The van der Waals surface area contributed by atoms with E-state index in [1.807, 2.05) is 24.3 Å². The van der Waals surface area contributed by atoms with Gasteiger partial charge in [-0.25, -0.2) is 0 Å². The fourth-order valence-corrected chi connectivity index (χ4v) is 3.07. The summed E-state index contributed by atoms with van der Waals surface area (Å²) in [7, 11) is 0. The van der Waals surface area contributed by atoms with Crippen LogP contribution in [0.1, 0.15) is 23.2 Å². The van der Waals surface area contributed by atoms with Crippen molar-refractivity contribution >= 4 is 24.8 Å². The maximum atomic E-state index is 5.50. The van der Waals surface area contributed by atoms with E-state index < -0.39 is 0 Å². The molecule has 1 saturated heterocycles. The molecule has 1 aliphatic heterocycles. The largest absolute Gasteiger partial charge is 0.338 e. The van der Waals surface area contributed by atoms with Gasteiger partial charge < -0.3 is 14.8 Å². The van der Waals surface area contributed by atoms with E-state index in [1.165, 1.54) is 5.56 Å². The summed E-state index contributed by atoms with van der Waals surface area (Å²) in [6.07, 6.45) is 0. The van der Waals surface area contributed by atoms with Crippen LogP contribution < -0.4 is 5.73 Å². The van der Waals surface area contributed by atoms with Crippen molar-refractivity contribution in [2.45, 2.75) is 26.6 Å². The van der Waals surface area contributed by atoms with Crippen molar-refractivity contribution < 1.29 is 9.05 Å². The summed E-state index contributed by atoms with van der Waals surface area (Å²) in [5.41, 5.74) is 7.68. The van der Waals surface area contributed by atoms with E-state index in [-0.39, 0.29) is 31.4 Å². The zero-order chi connectivity index (χ0) is 18.6. The molecule has 2 aromatic heterocycles. The van der Waals surface area contributed by atoms with Gasteiger partial charge in [0.2, 0.25) is 17.6 Å². The van der Waals surface area contributed by atoms with Gasteiger partial charge in [-0.05, 0) is 6.92 Å². The molecule has 1 fully saturated rings. The highest BCUT2D eigenvalue weighted by atomic mass is 35.5. The summed E-state index contributed by atoms with van der Waals surface area (Å²) in [5.74, 6) is 2.44. The third-order valence-corrected chi connectivity index (χ3v) is 4.65. The molecule has 3 heterocycles. The minimum atomic E-state index is 0. The number of piperazine rings is 1. The van der Waals surface area contributed by atoms with Gasteiger partial charge in [-0.3, -0.25) is 9.80 Å². The molecular formula is C18H25Cl2N7O2. The van der Waals surface area contributed by atoms with Crippen LogP contribution in [0.4, 0.5) is 0 Å². The number of nitrogens with zero attached hydrogens (tertiary/aromatic N) is 6. The molecule has 1 aliphatic rings. The van der Waals surface area contributed by atoms with Crippen LogP contribution in [-0.2, 0) is 19.6 Å².